The van der Waals surface area contributed by atoms with E-state index in [1.165, 1.54) is 0 Å². The van der Waals surface area contributed by atoms with E-state index in [1.807, 2.05) is 0 Å². The van der Waals surface area contributed by atoms with Crippen LogP contribution in [0.25, 0.3) is 0 Å². The summed E-state index contributed by atoms with van der Waals surface area (Å²) in [6.45, 7) is 0. The van der Waals surface area contributed by atoms with Gasteiger partial charge in [-0.1, -0.05) is 34.8 Å². The first-order chi connectivity index (χ1) is 1.73. The molecular formula is CH4Cl3N. The molecule has 0 aliphatic heterocycles. The normalized spacial score (nSPS) is 7.20. The summed E-state index contributed by atoms with van der Waals surface area (Å²) >= 11 is 14.4. The zero-order valence-electron chi connectivity index (χ0n) is 2.42. The molecule has 0 atom stereocenters. The molecule has 0 amide bonds. The fourth-order valence-corrected chi connectivity index (χ4v) is 0. The van der Waals surface area contributed by atoms with Crippen molar-refractivity contribution in [2.24, 2.45) is 0 Å². The van der Waals surface area contributed by atoms with E-state index in [9.17, 15) is 0 Å². The zero-order chi connectivity index (χ0) is 3.58. The smallest absolute Gasteiger partial charge is 0.180 e. The van der Waals surface area contributed by atoms with Crippen molar-refractivity contribution in [2.45, 2.75) is 4.30 Å². The molecular weight excluding hydrogens is 132 g/mol. The van der Waals surface area contributed by atoms with Gasteiger partial charge < -0.3 is 6.15 Å². The summed E-state index contributed by atoms with van der Waals surface area (Å²) < 4.78 is -0.750. The highest BCUT2D eigenvalue weighted by atomic mass is 35.6. The van der Waals surface area contributed by atoms with E-state index < -0.39 is 4.30 Å². The second kappa shape index (κ2) is 4.83. The maximum Gasteiger partial charge on any atom is 0.180 e. The second-order valence-corrected chi connectivity index (χ2v) is 2.23. The number of hydrogen-bond donors (Lipinski definition) is 1. The van der Waals surface area contributed by atoms with Crippen LogP contribution in [0.2, 0.25) is 0 Å². The number of alkyl halides is 3. The van der Waals surface area contributed by atoms with Gasteiger partial charge in [0, 0.05) is 0 Å². The predicted molar refractivity (Wildman–Crippen MR) is 26.4 cm³/mol. The van der Waals surface area contributed by atoms with Crippen LogP contribution in [-0.4, -0.2) is 4.30 Å². The number of rotatable bonds is 0. The molecule has 1 nitrogen and oxygen atoms in total. The van der Waals surface area contributed by atoms with Crippen LogP contribution in [-0.2, 0) is 0 Å². The van der Waals surface area contributed by atoms with Crippen LogP contribution < -0.4 is 6.15 Å². The minimum Gasteiger partial charge on any atom is -0.344 e. The van der Waals surface area contributed by atoms with Gasteiger partial charge in [-0.3, -0.25) is 0 Å². The highest BCUT2D eigenvalue weighted by Gasteiger charge is 1.78. The molecule has 3 N–H and O–H groups in total. The molecule has 0 aromatic rings. The number of halogens is 3. The average molecular weight is 136 g/mol. The van der Waals surface area contributed by atoms with Crippen LogP contribution in [0.3, 0.4) is 0 Å². The molecule has 0 aliphatic rings. The van der Waals surface area contributed by atoms with Gasteiger partial charge in [-0.15, -0.1) is 0 Å². The van der Waals surface area contributed by atoms with Gasteiger partial charge in [0.2, 0.25) is 0 Å². The van der Waals surface area contributed by atoms with Crippen LogP contribution in [0.1, 0.15) is 0 Å². The zero-order valence-corrected chi connectivity index (χ0v) is 4.69. The lowest BCUT2D eigenvalue weighted by atomic mass is 11.9. The molecule has 0 radical (unpaired) electrons. The third-order valence-electron chi connectivity index (χ3n) is 0. The van der Waals surface area contributed by atoms with Crippen molar-refractivity contribution in [2.75, 3.05) is 0 Å². The van der Waals surface area contributed by atoms with E-state index in [0.717, 1.165) is 0 Å². The van der Waals surface area contributed by atoms with Crippen molar-refractivity contribution in [3.63, 3.8) is 0 Å². The van der Waals surface area contributed by atoms with Crippen molar-refractivity contribution in [3.05, 3.63) is 0 Å². The molecule has 0 rings (SSSR count). The molecule has 0 aromatic heterocycles. The van der Waals surface area contributed by atoms with E-state index in [-0.39, 0.29) is 6.15 Å². The molecule has 0 aromatic carbocycles. The van der Waals surface area contributed by atoms with Crippen LogP contribution in [0.15, 0.2) is 0 Å². The molecule has 0 unspecified atom stereocenters. The average Bonchev–Trinajstić information content (AvgIpc) is 0.811. The van der Waals surface area contributed by atoms with Crippen LogP contribution in [0.4, 0.5) is 0 Å². The van der Waals surface area contributed by atoms with E-state index in [4.69, 9.17) is 34.8 Å². The van der Waals surface area contributed by atoms with Gasteiger partial charge in [0.1, 0.15) is 0 Å². The summed E-state index contributed by atoms with van der Waals surface area (Å²) in [5.41, 5.74) is 0. The lowest BCUT2D eigenvalue weighted by molar-refractivity contribution is 1.96. The Balaban J connectivity index is 0. The quantitative estimate of drug-likeness (QED) is 0.509. The maximum absolute atomic E-state index is 4.81. The van der Waals surface area contributed by atoms with E-state index in [1.54, 1.807) is 0 Å². The Morgan fingerprint density at radius 2 is 1.00 bits per heavy atom. The molecule has 0 fully saturated rings. The van der Waals surface area contributed by atoms with Gasteiger partial charge in [0.15, 0.2) is 4.30 Å². The topological polar surface area (TPSA) is 35.0 Å². The first-order valence-electron chi connectivity index (χ1n) is 0.655. The maximum atomic E-state index is 4.81. The Hall–Kier alpha value is 0.830. The lowest BCUT2D eigenvalue weighted by Crippen LogP contribution is -1.55. The third kappa shape index (κ3) is 56.2. The summed E-state index contributed by atoms with van der Waals surface area (Å²) in [5, 5.41) is 0. The van der Waals surface area contributed by atoms with E-state index in [2.05, 4.69) is 0 Å². The largest absolute Gasteiger partial charge is 0.344 e. The Morgan fingerprint density at radius 1 is 1.00 bits per heavy atom. The molecule has 0 heterocycles. The first kappa shape index (κ1) is 9.27. The highest BCUT2D eigenvalue weighted by Crippen LogP contribution is 2.03. The van der Waals surface area contributed by atoms with Crippen LogP contribution in [0.5, 0.6) is 0 Å². The van der Waals surface area contributed by atoms with Crippen molar-refractivity contribution < 1.29 is 0 Å². The third-order valence-corrected chi connectivity index (χ3v) is 0. The van der Waals surface area contributed by atoms with Gasteiger partial charge in [-0.25, -0.2) is 0 Å². The molecule has 0 spiro atoms. The monoisotopic (exact) mass is 135 g/mol. The van der Waals surface area contributed by atoms with Crippen molar-refractivity contribution in [1.29, 1.82) is 0 Å². The minimum absolute atomic E-state index is 0. The molecule has 34 valence electrons. The van der Waals surface area contributed by atoms with Crippen molar-refractivity contribution >= 4 is 34.8 Å². The summed E-state index contributed by atoms with van der Waals surface area (Å²) in [4.78, 5) is 0. The van der Waals surface area contributed by atoms with E-state index >= 15 is 0 Å². The highest BCUT2D eigenvalue weighted by molar-refractivity contribution is 6.63. The lowest BCUT2D eigenvalue weighted by Gasteiger charge is -1.69. The van der Waals surface area contributed by atoms with Gasteiger partial charge in [0.05, 0.1) is 0 Å². The van der Waals surface area contributed by atoms with E-state index in [0.29, 0.717) is 0 Å². The summed E-state index contributed by atoms with van der Waals surface area (Å²) in [7, 11) is 0. The summed E-state index contributed by atoms with van der Waals surface area (Å²) in [6.07, 6.45) is 0. The van der Waals surface area contributed by atoms with Gasteiger partial charge >= 0.3 is 0 Å². The first-order valence-corrected chi connectivity index (χ1v) is 1.96. The SMILES string of the molecule is ClC(Cl)Cl.N. The van der Waals surface area contributed by atoms with Gasteiger partial charge in [0.25, 0.3) is 0 Å². The summed E-state index contributed by atoms with van der Waals surface area (Å²) in [5.74, 6) is 0. The molecule has 4 heteroatoms. The van der Waals surface area contributed by atoms with Crippen LogP contribution in [0, 0.1) is 0 Å². The number of hydrogen-bond acceptors (Lipinski definition) is 1. The van der Waals surface area contributed by atoms with Crippen molar-refractivity contribution in [3.8, 4) is 0 Å². The van der Waals surface area contributed by atoms with Crippen molar-refractivity contribution in [1.82, 2.24) is 6.15 Å². The fraction of sp³-hybridized carbons (Fsp3) is 1.00. The minimum atomic E-state index is -0.750. The standard InChI is InChI=1S/CHCl3.H3N/c2-1(3)4;/h1H;1H3. The van der Waals surface area contributed by atoms with Gasteiger partial charge in [-0.2, -0.15) is 0 Å². The molecule has 0 saturated carbocycles. The predicted octanol–water partition coefficient (Wildman–Crippen LogP) is 2.15. The second-order valence-electron chi connectivity index (χ2n) is 0.247. The summed E-state index contributed by atoms with van der Waals surface area (Å²) in [6, 6.07) is 0. The fourth-order valence-electron chi connectivity index (χ4n) is 0. The Kier molecular flexibility index (Phi) is 8.96. The molecule has 5 heavy (non-hydrogen) atoms. The Morgan fingerprint density at radius 3 is 1.00 bits per heavy atom. The molecule has 0 aliphatic carbocycles. The van der Waals surface area contributed by atoms with Crippen LogP contribution >= 0.6 is 34.8 Å². The Labute approximate surface area is 45.8 Å². The molecule has 0 bridgehead atoms. The van der Waals surface area contributed by atoms with Gasteiger partial charge in [-0.05, 0) is 0 Å². The molecule has 0 saturated heterocycles. The Bertz CT molecular complexity index is 11.6.